The summed E-state index contributed by atoms with van der Waals surface area (Å²) < 4.78 is 22.7. The smallest absolute Gasteiger partial charge is 0.450 e. The molecule has 1 fully saturated rings. The zero-order valence-electron chi connectivity index (χ0n) is 8.64. The summed E-state index contributed by atoms with van der Waals surface area (Å²) in [4.78, 5) is 10.5. The zero-order valence-corrected chi connectivity index (χ0v) is 8.64. The van der Waals surface area contributed by atoms with Gasteiger partial charge in [0, 0.05) is 0 Å². The number of ether oxygens (including phenoxy) is 2. The lowest BCUT2D eigenvalue weighted by Crippen LogP contribution is -2.52. The number of hydrogen-bond acceptors (Lipinski definition) is 3. The number of halogens is 1. The third-order valence-corrected chi connectivity index (χ3v) is 2.58. The first-order chi connectivity index (χ1) is 7.51. The van der Waals surface area contributed by atoms with Crippen molar-refractivity contribution in [3.8, 4) is 0 Å². The van der Waals surface area contributed by atoms with Gasteiger partial charge in [-0.05, 0) is 24.6 Å². The average Bonchev–Trinajstić information content (AvgIpc) is 2.19. The maximum absolute atomic E-state index is 12.7. The van der Waals surface area contributed by atoms with Gasteiger partial charge in [-0.3, -0.25) is 0 Å². The molecule has 16 heavy (non-hydrogen) atoms. The molecule has 0 aliphatic carbocycles. The molecule has 5 heteroatoms. The number of hydrogen-bond donors (Lipinski definition) is 1. The van der Waals surface area contributed by atoms with E-state index in [1.165, 1.54) is 12.1 Å². The molecule has 2 atom stereocenters. The van der Waals surface area contributed by atoms with E-state index in [0.717, 1.165) is 0 Å². The number of carbonyl (C=O) groups is 1. The van der Waals surface area contributed by atoms with E-state index in [2.05, 4.69) is 0 Å². The fourth-order valence-electron chi connectivity index (χ4n) is 1.77. The van der Waals surface area contributed by atoms with Crippen molar-refractivity contribution in [2.24, 2.45) is 0 Å². The van der Waals surface area contributed by atoms with Crippen LogP contribution in [0.3, 0.4) is 0 Å². The van der Waals surface area contributed by atoms with Crippen molar-refractivity contribution in [1.82, 2.24) is 0 Å². The molecule has 2 unspecified atom stereocenters. The minimum atomic E-state index is -1.34. The lowest BCUT2D eigenvalue weighted by Gasteiger charge is -2.44. The van der Waals surface area contributed by atoms with Crippen molar-refractivity contribution in [3.05, 3.63) is 35.6 Å². The topological polar surface area (TPSA) is 55.8 Å². The maximum atomic E-state index is 12.7. The molecule has 1 aromatic carbocycles. The highest BCUT2D eigenvalue weighted by molar-refractivity contribution is 5.58. The van der Waals surface area contributed by atoms with E-state index >= 15 is 0 Å². The van der Waals surface area contributed by atoms with E-state index in [4.69, 9.17) is 14.6 Å². The highest BCUT2D eigenvalue weighted by atomic mass is 19.1. The van der Waals surface area contributed by atoms with Crippen LogP contribution in [-0.4, -0.2) is 23.5 Å². The Kier molecular flexibility index (Phi) is 2.55. The molecular weight excluding hydrogens is 215 g/mol. The molecule has 1 aromatic rings. The summed E-state index contributed by atoms with van der Waals surface area (Å²) in [5.41, 5.74) is -0.180. The van der Waals surface area contributed by atoms with Gasteiger partial charge in [0.25, 0.3) is 0 Å². The molecule has 0 bridgehead atoms. The minimum absolute atomic E-state index is 0.210. The van der Waals surface area contributed by atoms with Gasteiger partial charge in [-0.25, -0.2) is 9.18 Å². The second-order valence-corrected chi connectivity index (χ2v) is 3.92. The van der Waals surface area contributed by atoms with E-state index in [-0.39, 0.29) is 12.4 Å². The molecule has 1 N–H and O–H groups in total. The molecule has 0 saturated carbocycles. The van der Waals surface area contributed by atoms with Crippen LogP contribution in [0.2, 0.25) is 0 Å². The Morgan fingerprint density at radius 2 is 2.19 bits per heavy atom. The minimum Gasteiger partial charge on any atom is -0.450 e. The van der Waals surface area contributed by atoms with Crippen molar-refractivity contribution >= 4 is 6.16 Å². The molecule has 1 aliphatic heterocycles. The Balaban J connectivity index is 2.16. The number of carboxylic acid groups (broad SMARTS) is 1. The second kappa shape index (κ2) is 3.75. The monoisotopic (exact) mass is 226 g/mol. The SMILES string of the molecule is CC1(OC(=O)O)COC1c1ccc(F)cc1. The van der Waals surface area contributed by atoms with Crippen LogP contribution in [0.25, 0.3) is 0 Å². The second-order valence-electron chi connectivity index (χ2n) is 3.92. The van der Waals surface area contributed by atoms with Crippen LogP contribution in [0, 0.1) is 5.82 Å². The zero-order chi connectivity index (χ0) is 11.8. The number of benzene rings is 1. The van der Waals surface area contributed by atoms with Gasteiger partial charge in [0.2, 0.25) is 0 Å². The summed E-state index contributed by atoms with van der Waals surface area (Å²) in [6.45, 7) is 1.86. The Morgan fingerprint density at radius 3 is 2.62 bits per heavy atom. The van der Waals surface area contributed by atoms with Gasteiger partial charge in [0.15, 0.2) is 5.60 Å². The lowest BCUT2D eigenvalue weighted by atomic mass is 9.88. The molecule has 1 aliphatic rings. The van der Waals surface area contributed by atoms with E-state index in [1.807, 2.05) is 0 Å². The molecule has 0 spiro atoms. The van der Waals surface area contributed by atoms with Crippen LogP contribution in [0.5, 0.6) is 0 Å². The molecule has 0 amide bonds. The van der Waals surface area contributed by atoms with Crippen LogP contribution >= 0.6 is 0 Å². The quantitative estimate of drug-likeness (QED) is 0.786. The van der Waals surface area contributed by atoms with Gasteiger partial charge in [0.05, 0.1) is 6.61 Å². The summed E-state index contributed by atoms with van der Waals surface area (Å²) >= 11 is 0. The Labute approximate surface area is 91.6 Å². The Bertz CT molecular complexity index is 403. The molecule has 1 saturated heterocycles. The summed E-state index contributed by atoms with van der Waals surface area (Å²) in [7, 11) is 0. The van der Waals surface area contributed by atoms with Crippen LogP contribution in [0.4, 0.5) is 9.18 Å². The van der Waals surface area contributed by atoms with Crippen LogP contribution in [0.1, 0.15) is 18.6 Å². The lowest BCUT2D eigenvalue weighted by molar-refractivity contribution is -0.235. The molecule has 1 heterocycles. The van der Waals surface area contributed by atoms with Crippen LogP contribution in [-0.2, 0) is 9.47 Å². The van der Waals surface area contributed by atoms with Gasteiger partial charge in [-0.15, -0.1) is 0 Å². The standard InChI is InChI=1S/C11H11FO4/c1-11(16-10(13)14)6-15-9(11)7-2-4-8(12)5-3-7/h2-5,9H,6H2,1H3,(H,13,14). The number of rotatable bonds is 2. The maximum Gasteiger partial charge on any atom is 0.506 e. The predicted octanol–water partition coefficient (Wildman–Crippen LogP) is 2.35. The molecule has 86 valence electrons. The summed E-state index contributed by atoms with van der Waals surface area (Å²) in [5.74, 6) is -0.344. The Morgan fingerprint density at radius 1 is 1.56 bits per heavy atom. The molecule has 4 nitrogen and oxygen atoms in total. The Hall–Kier alpha value is -1.62. The van der Waals surface area contributed by atoms with Gasteiger partial charge in [-0.1, -0.05) is 12.1 Å². The van der Waals surface area contributed by atoms with Crippen LogP contribution < -0.4 is 0 Å². The van der Waals surface area contributed by atoms with Crippen molar-refractivity contribution in [3.63, 3.8) is 0 Å². The summed E-state index contributed by atoms with van der Waals surface area (Å²) in [6.07, 6.45) is -1.80. The van der Waals surface area contributed by atoms with Gasteiger partial charge >= 0.3 is 6.16 Å². The van der Waals surface area contributed by atoms with Gasteiger partial charge < -0.3 is 14.6 Å². The van der Waals surface area contributed by atoms with Crippen molar-refractivity contribution in [2.75, 3.05) is 6.61 Å². The van der Waals surface area contributed by atoms with Gasteiger partial charge in [-0.2, -0.15) is 0 Å². The molecule has 0 radical (unpaired) electrons. The first-order valence-corrected chi connectivity index (χ1v) is 4.80. The van der Waals surface area contributed by atoms with Crippen molar-refractivity contribution in [2.45, 2.75) is 18.6 Å². The first kappa shape index (κ1) is 10.9. The van der Waals surface area contributed by atoms with E-state index < -0.39 is 17.9 Å². The van der Waals surface area contributed by atoms with Crippen molar-refractivity contribution in [1.29, 1.82) is 0 Å². The molecular formula is C11H11FO4. The predicted molar refractivity (Wildman–Crippen MR) is 52.6 cm³/mol. The molecule has 0 aromatic heterocycles. The third-order valence-electron chi connectivity index (χ3n) is 2.58. The van der Waals surface area contributed by atoms with Crippen LogP contribution in [0.15, 0.2) is 24.3 Å². The first-order valence-electron chi connectivity index (χ1n) is 4.80. The molecule has 2 rings (SSSR count). The van der Waals surface area contributed by atoms with E-state index in [0.29, 0.717) is 5.56 Å². The largest absolute Gasteiger partial charge is 0.506 e. The highest BCUT2D eigenvalue weighted by Crippen LogP contribution is 2.41. The summed E-state index contributed by atoms with van der Waals surface area (Å²) in [5, 5.41) is 8.59. The fourth-order valence-corrected chi connectivity index (χ4v) is 1.77. The van der Waals surface area contributed by atoms with Gasteiger partial charge in [0.1, 0.15) is 11.9 Å². The van der Waals surface area contributed by atoms with E-state index in [1.54, 1.807) is 19.1 Å². The third kappa shape index (κ3) is 1.86. The van der Waals surface area contributed by atoms with E-state index in [9.17, 15) is 9.18 Å². The fraction of sp³-hybridized carbons (Fsp3) is 0.364. The van der Waals surface area contributed by atoms with Crippen molar-refractivity contribution < 1.29 is 23.8 Å². The highest BCUT2D eigenvalue weighted by Gasteiger charge is 2.49. The normalized spacial score (nSPS) is 28.2. The average molecular weight is 226 g/mol. The summed E-state index contributed by atoms with van der Waals surface area (Å²) in [6, 6.07) is 5.72.